The molecule has 0 aliphatic heterocycles. The van der Waals surface area contributed by atoms with Gasteiger partial charge < -0.3 is 5.11 Å². The van der Waals surface area contributed by atoms with Crippen molar-refractivity contribution >= 4 is 0 Å². The van der Waals surface area contributed by atoms with E-state index in [4.69, 9.17) is 0 Å². The molecule has 1 rings (SSSR count). The molecule has 1 N–H and O–H groups in total. The fraction of sp³-hybridized carbons (Fsp3) is 0.429. The average molecular weight is 298 g/mol. The monoisotopic (exact) mass is 298 g/mol. The molecule has 0 aliphatic carbocycles. The van der Waals surface area contributed by atoms with Gasteiger partial charge in [0.05, 0.1) is 0 Å². The number of allylic oxidation sites excluding steroid dienone is 6. The molecule has 0 aliphatic rings. The van der Waals surface area contributed by atoms with Crippen molar-refractivity contribution in [2.75, 3.05) is 0 Å². The van der Waals surface area contributed by atoms with Gasteiger partial charge in [0.1, 0.15) is 5.75 Å². The average Bonchev–Trinajstić information content (AvgIpc) is 2.46. The Labute approximate surface area is 136 Å². The van der Waals surface area contributed by atoms with Gasteiger partial charge in [-0.3, -0.25) is 0 Å². The number of benzene rings is 1. The summed E-state index contributed by atoms with van der Waals surface area (Å²) in [6, 6.07) is 7.55. The Bertz CT molecular complexity index is 543. The molecule has 1 aromatic rings. The SMILES string of the molecule is CC(C)=CCCC(C)=CCC/C(C)=C/Cc1ccccc1O. The second-order valence-electron chi connectivity index (χ2n) is 6.29. The van der Waals surface area contributed by atoms with Crippen LogP contribution in [0.25, 0.3) is 0 Å². The van der Waals surface area contributed by atoms with Gasteiger partial charge in [-0.15, -0.1) is 0 Å². The quantitative estimate of drug-likeness (QED) is 0.554. The molecule has 0 radical (unpaired) electrons. The Balaban J connectivity index is 2.36. The predicted octanol–water partition coefficient (Wildman–Crippen LogP) is 6.35. The number of phenols is 1. The molecular formula is C21H30O. The lowest BCUT2D eigenvalue weighted by Gasteiger charge is -2.03. The summed E-state index contributed by atoms with van der Waals surface area (Å²) in [4.78, 5) is 0. The van der Waals surface area contributed by atoms with Crippen LogP contribution < -0.4 is 0 Å². The van der Waals surface area contributed by atoms with Crippen LogP contribution in [0.2, 0.25) is 0 Å². The Hall–Kier alpha value is -1.76. The smallest absolute Gasteiger partial charge is 0.119 e. The largest absolute Gasteiger partial charge is 0.508 e. The van der Waals surface area contributed by atoms with Crippen molar-refractivity contribution in [3.8, 4) is 5.75 Å². The Morgan fingerprint density at radius 3 is 2.09 bits per heavy atom. The maximum atomic E-state index is 9.75. The van der Waals surface area contributed by atoms with Crippen LogP contribution in [0.1, 0.15) is 58.9 Å². The van der Waals surface area contributed by atoms with Crippen molar-refractivity contribution in [2.24, 2.45) is 0 Å². The molecule has 0 atom stereocenters. The highest BCUT2D eigenvalue weighted by Crippen LogP contribution is 2.18. The summed E-state index contributed by atoms with van der Waals surface area (Å²) >= 11 is 0. The highest BCUT2D eigenvalue weighted by atomic mass is 16.3. The van der Waals surface area contributed by atoms with Gasteiger partial charge in [-0.25, -0.2) is 0 Å². The molecule has 1 heteroatoms. The lowest BCUT2D eigenvalue weighted by molar-refractivity contribution is 0.469. The number of rotatable bonds is 8. The molecule has 0 amide bonds. The van der Waals surface area contributed by atoms with Crippen molar-refractivity contribution in [1.82, 2.24) is 0 Å². The van der Waals surface area contributed by atoms with Crippen LogP contribution in [0.15, 0.2) is 59.2 Å². The molecular weight excluding hydrogens is 268 g/mol. The first-order chi connectivity index (χ1) is 10.5. The first kappa shape index (κ1) is 18.3. The molecule has 0 saturated heterocycles. The first-order valence-corrected chi connectivity index (χ1v) is 8.20. The second-order valence-corrected chi connectivity index (χ2v) is 6.29. The maximum Gasteiger partial charge on any atom is 0.119 e. The number of aromatic hydroxyl groups is 1. The number of hydrogen-bond donors (Lipinski definition) is 1. The highest BCUT2D eigenvalue weighted by Gasteiger charge is 1.97. The lowest BCUT2D eigenvalue weighted by atomic mass is 10.0. The van der Waals surface area contributed by atoms with E-state index in [2.05, 4.69) is 45.9 Å². The molecule has 0 heterocycles. The van der Waals surface area contributed by atoms with Crippen LogP contribution >= 0.6 is 0 Å². The standard InChI is InChI=1S/C21H30O/c1-17(2)9-7-10-18(3)11-8-12-19(4)15-16-20-13-5-6-14-21(20)22/h5-6,9,11,13-15,22H,7-8,10,12,16H2,1-4H3/b18-11?,19-15+. The second kappa shape index (κ2) is 10.0. The van der Waals surface area contributed by atoms with Gasteiger partial charge in [-0.05, 0) is 71.4 Å². The number of para-hydroxylation sites is 1. The van der Waals surface area contributed by atoms with Gasteiger partial charge in [0.15, 0.2) is 0 Å². The topological polar surface area (TPSA) is 20.2 Å². The van der Waals surface area contributed by atoms with Crippen molar-refractivity contribution in [1.29, 1.82) is 0 Å². The fourth-order valence-corrected chi connectivity index (χ4v) is 2.31. The van der Waals surface area contributed by atoms with Crippen LogP contribution in [0.5, 0.6) is 5.75 Å². The summed E-state index contributed by atoms with van der Waals surface area (Å²) in [5, 5.41) is 9.75. The minimum atomic E-state index is 0.390. The molecule has 0 aromatic heterocycles. The van der Waals surface area contributed by atoms with E-state index in [1.54, 1.807) is 6.07 Å². The van der Waals surface area contributed by atoms with E-state index < -0.39 is 0 Å². The third-order valence-corrected chi connectivity index (χ3v) is 3.78. The van der Waals surface area contributed by atoms with Crippen LogP contribution in [0.4, 0.5) is 0 Å². The lowest BCUT2D eigenvalue weighted by Crippen LogP contribution is -1.85. The zero-order valence-electron chi connectivity index (χ0n) is 14.5. The van der Waals surface area contributed by atoms with E-state index in [-0.39, 0.29) is 0 Å². The Morgan fingerprint density at radius 1 is 0.864 bits per heavy atom. The van der Waals surface area contributed by atoms with E-state index in [1.807, 2.05) is 18.2 Å². The first-order valence-electron chi connectivity index (χ1n) is 8.20. The summed E-state index contributed by atoms with van der Waals surface area (Å²) in [5.74, 6) is 0.390. The van der Waals surface area contributed by atoms with Crippen molar-refractivity contribution in [3.05, 3.63) is 64.8 Å². The molecule has 1 aromatic carbocycles. The van der Waals surface area contributed by atoms with Crippen molar-refractivity contribution in [2.45, 2.75) is 59.8 Å². The number of phenolic OH excluding ortho intramolecular Hbond substituents is 1. The third-order valence-electron chi connectivity index (χ3n) is 3.78. The van der Waals surface area contributed by atoms with Gasteiger partial charge in [0.2, 0.25) is 0 Å². The zero-order chi connectivity index (χ0) is 16.4. The summed E-state index contributed by atoms with van der Waals surface area (Å²) in [6.07, 6.45) is 12.2. The summed E-state index contributed by atoms with van der Waals surface area (Å²) in [7, 11) is 0. The Kier molecular flexibility index (Phi) is 8.35. The molecule has 0 spiro atoms. The van der Waals surface area contributed by atoms with Gasteiger partial charge >= 0.3 is 0 Å². The minimum Gasteiger partial charge on any atom is -0.508 e. The minimum absolute atomic E-state index is 0.390. The van der Waals surface area contributed by atoms with E-state index in [1.165, 1.54) is 16.7 Å². The number of hydrogen-bond acceptors (Lipinski definition) is 1. The van der Waals surface area contributed by atoms with Gasteiger partial charge in [0.25, 0.3) is 0 Å². The van der Waals surface area contributed by atoms with Crippen LogP contribution in [0.3, 0.4) is 0 Å². The molecule has 120 valence electrons. The fourth-order valence-electron chi connectivity index (χ4n) is 2.31. The molecule has 0 bridgehead atoms. The summed E-state index contributed by atoms with van der Waals surface area (Å²) in [6.45, 7) is 8.70. The van der Waals surface area contributed by atoms with Crippen molar-refractivity contribution < 1.29 is 5.11 Å². The summed E-state index contributed by atoms with van der Waals surface area (Å²) < 4.78 is 0. The molecule has 0 unspecified atom stereocenters. The van der Waals surface area contributed by atoms with E-state index in [9.17, 15) is 5.11 Å². The van der Waals surface area contributed by atoms with Gasteiger partial charge in [-0.2, -0.15) is 0 Å². The molecule has 0 fully saturated rings. The zero-order valence-corrected chi connectivity index (χ0v) is 14.5. The van der Waals surface area contributed by atoms with E-state index in [0.29, 0.717) is 5.75 Å². The van der Waals surface area contributed by atoms with E-state index in [0.717, 1.165) is 37.7 Å². The third kappa shape index (κ3) is 7.87. The Morgan fingerprint density at radius 2 is 1.45 bits per heavy atom. The molecule has 0 saturated carbocycles. The van der Waals surface area contributed by atoms with Gasteiger partial charge in [-0.1, -0.05) is 53.1 Å². The van der Waals surface area contributed by atoms with Crippen LogP contribution in [-0.2, 0) is 6.42 Å². The van der Waals surface area contributed by atoms with Crippen LogP contribution in [0, 0.1) is 0 Å². The van der Waals surface area contributed by atoms with E-state index >= 15 is 0 Å². The maximum absolute atomic E-state index is 9.75. The predicted molar refractivity (Wildman–Crippen MR) is 97.2 cm³/mol. The van der Waals surface area contributed by atoms with Crippen molar-refractivity contribution in [3.63, 3.8) is 0 Å². The normalized spacial score (nSPS) is 12.4. The molecule has 22 heavy (non-hydrogen) atoms. The van der Waals surface area contributed by atoms with Crippen LogP contribution in [-0.4, -0.2) is 5.11 Å². The highest BCUT2D eigenvalue weighted by molar-refractivity contribution is 5.33. The summed E-state index contributed by atoms with van der Waals surface area (Å²) in [5.41, 5.74) is 5.26. The molecule has 1 nitrogen and oxygen atoms in total. The van der Waals surface area contributed by atoms with Gasteiger partial charge in [0, 0.05) is 0 Å².